The van der Waals surface area contributed by atoms with Crippen LogP contribution in [0.3, 0.4) is 0 Å². The number of aryl methyl sites for hydroxylation is 1. The van der Waals surface area contributed by atoms with Crippen LogP contribution in [-0.2, 0) is 4.79 Å². The quantitative estimate of drug-likeness (QED) is 0.837. The number of carbonyl (C=O) groups is 2. The summed E-state index contributed by atoms with van der Waals surface area (Å²) in [5.74, 6) is 1.25. The number of nitrogens with one attached hydrogen (secondary N) is 1. The minimum absolute atomic E-state index is 0.314. The van der Waals surface area contributed by atoms with E-state index in [-0.39, 0.29) is 11.1 Å². The van der Waals surface area contributed by atoms with Gasteiger partial charge in [-0.3, -0.25) is 14.9 Å². The number of rotatable bonds is 4. The molecule has 5 heteroatoms. The Bertz CT molecular complexity index is 648. The SMILES string of the molecule is Cc1cc(/C=C2\SC(=O)NC2=O)ccc1OCC1CCCCC1. The predicted molar refractivity (Wildman–Crippen MR) is 92.4 cm³/mol. The van der Waals surface area contributed by atoms with E-state index in [0.717, 1.165) is 35.2 Å². The second-order valence-corrected chi connectivity index (χ2v) is 7.21. The van der Waals surface area contributed by atoms with Crippen LogP contribution >= 0.6 is 11.8 Å². The third-order valence-electron chi connectivity index (χ3n) is 4.34. The molecular weight excluding hydrogens is 310 g/mol. The number of hydrogen-bond donors (Lipinski definition) is 1. The van der Waals surface area contributed by atoms with E-state index in [1.165, 1.54) is 32.1 Å². The van der Waals surface area contributed by atoms with Crippen LogP contribution in [0.25, 0.3) is 6.08 Å². The van der Waals surface area contributed by atoms with Crippen LogP contribution in [0.1, 0.15) is 43.2 Å². The summed E-state index contributed by atoms with van der Waals surface area (Å²) in [5, 5.41) is 1.95. The summed E-state index contributed by atoms with van der Waals surface area (Å²) < 4.78 is 5.98. The summed E-state index contributed by atoms with van der Waals surface area (Å²) in [7, 11) is 0. The Hall–Kier alpha value is -1.75. The standard InChI is InChI=1S/C18H21NO3S/c1-12-9-14(10-16-17(20)19-18(21)23-16)7-8-15(12)22-11-13-5-3-2-4-6-13/h7-10,13H,2-6,11H2,1H3,(H,19,20,21)/b16-10-. The van der Waals surface area contributed by atoms with E-state index in [9.17, 15) is 9.59 Å². The first-order valence-electron chi connectivity index (χ1n) is 8.10. The van der Waals surface area contributed by atoms with Crippen LogP contribution in [-0.4, -0.2) is 17.8 Å². The lowest BCUT2D eigenvalue weighted by molar-refractivity contribution is -0.115. The zero-order chi connectivity index (χ0) is 16.2. The molecule has 0 atom stereocenters. The van der Waals surface area contributed by atoms with Crippen LogP contribution in [0.2, 0.25) is 0 Å². The van der Waals surface area contributed by atoms with Crippen molar-refractivity contribution in [2.75, 3.05) is 6.61 Å². The van der Waals surface area contributed by atoms with Gasteiger partial charge in [-0.15, -0.1) is 0 Å². The molecule has 23 heavy (non-hydrogen) atoms. The molecule has 2 amide bonds. The molecule has 0 spiro atoms. The van der Waals surface area contributed by atoms with Gasteiger partial charge in [0.05, 0.1) is 11.5 Å². The van der Waals surface area contributed by atoms with Crippen LogP contribution < -0.4 is 10.1 Å². The van der Waals surface area contributed by atoms with Crippen LogP contribution in [0.15, 0.2) is 23.1 Å². The fraction of sp³-hybridized carbons (Fsp3) is 0.444. The van der Waals surface area contributed by atoms with E-state index in [1.807, 2.05) is 25.1 Å². The Balaban J connectivity index is 1.64. The molecule has 1 aliphatic carbocycles. The van der Waals surface area contributed by atoms with E-state index >= 15 is 0 Å². The van der Waals surface area contributed by atoms with Crippen molar-refractivity contribution < 1.29 is 14.3 Å². The number of imide groups is 1. The summed E-state index contributed by atoms with van der Waals surface area (Å²) in [6, 6.07) is 5.86. The highest BCUT2D eigenvalue weighted by Crippen LogP contribution is 2.29. The molecule has 3 rings (SSSR count). The van der Waals surface area contributed by atoms with Crippen molar-refractivity contribution in [2.45, 2.75) is 39.0 Å². The van der Waals surface area contributed by atoms with Crippen molar-refractivity contribution in [3.63, 3.8) is 0 Å². The number of amides is 2. The fourth-order valence-electron chi connectivity index (χ4n) is 3.06. The van der Waals surface area contributed by atoms with Gasteiger partial charge in [0, 0.05) is 0 Å². The molecule has 0 radical (unpaired) electrons. The van der Waals surface area contributed by atoms with E-state index in [2.05, 4.69) is 5.32 Å². The lowest BCUT2D eigenvalue weighted by atomic mass is 9.90. The molecule has 2 aliphatic rings. The molecule has 1 aliphatic heterocycles. The van der Waals surface area contributed by atoms with E-state index in [0.29, 0.717) is 10.8 Å². The monoisotopic (exact) mass is 331 g/mol. The van der Waals surface area contributed by atoms with Crippen LogP contribution in [0, 0.1) is 12.8 Å². The highest BCUT2D eigenvalue weighted by Gasteiger charge is 2.25. The smallest absolute Gasteiger partial charge is 0.290 e. The molecule has 1 saturated heterocycles. The van der Waals surface area contributed by atoms with Gasteiger partial charge in [-0.25, -0.2) is 0 Å². The van der Waals surface area contributed by atoms with Gasteiger partial charge in [-0.1, -0.05) is 25.3 Å². The summed E-state index contributed by atoms with van der Waals surface area (Å²) in [6.45, 7) is 2.79. The number of carbonyl (C=O) groups excluding carboxylic acids is 2. The highest BCUT2D eigenvalue weighted by molar-refractivity contribution is 8.18. The van der Waals surface area contributed by atoms with Gasteiger partial charge in [-0.2, -0.15) is 0 Å². The molecular formula is C18H21NO3S. The lowest BCUT2D eigenvalue weighted by Crippen LogP contribution is -2.17. The fourth-order valence-corrected chi connectivity index (χ4v) is 3.74. The number of thioether (sulfide) groups is 1. The average Bonchev–Trinajstić information content (AvgIpc) is 2.85. The van der Waals surface area contributed by atoms with Crippen molar-refractivity contribution in [1.82, 2.24) is 5.32 Å². The van der Waals surface area contributed by atoms with Crippen molar-refractivity contribution in [3.05, 3.63) is 34.2 Å². The number of ether oxygens (including phenoxy) is 1. The second-order valence-electron chi connectivity index (χ2n) is 6.19. The topological polar surface area (TPSA) is 55.4 Å². The minimum atomic E-state index is -0.324. The summed E-state index contributed by atoms with van der Waals surface area (Å²) in [6.07, 6.45) is 8.26. The number of hydrogen-bond acceptors (Lipinski definition) is 4. The Morgan fingerprint density at radius 2 is 2.04 bits per heavy atom. The summed E-state index contributed by atoms with van der Waals surface area (Å²) >= 11 is 0.938. The second kappa shape index (κ2) is 7.21. The van der Waals surface area contributed by atoms with Crippen molar-refractivity contribution in [1.29, 1.82) is 0 Å². The van der Waals surface area contributed by atoms with E-state index in [1.54, 1.807) is 6.08 Å². The Kier molecular flexibility index (Phi) is 5.06. The maximum atomic E-state index is 11.6. The summed E-state index contributed by atoms with van der Waals surface area (Å²) in [5.41, 5.74) is 1.95. The minimum Gasteiger partial charge on any atom is -0.493 e. The molecule has 2 fully saturated rings. The number of benzene rings is 1. The Morgan fingerprint density at radius 1 is 1.26 bits per heavy atom. The zero-order valence-electron chi connectivity index (χ0n) is 13.3. The van der Waals surface area contributed by atoms with Crippen molar-refractivity contribution in [2.24, 2.45) is 5.92 Å². The molecule has 1 heterocycles. The van der Waals surface area contributed by atoms with Crippen LogP contribution in [0.5, 0.6) is 5.75 Å². The van der Waals surface area contributed by atoms with Gasteiger partial charge >= 0.3 is 0 Å². The van der Waals surface area contributed by atoms with Crippen LogP contribution in [0.4, 0.5) is 4.79 Å². The molecule has 1 aromatic carbocycles. The largest absolute Gasteiger partial charge is 0.493 e. The van der Waals surface area contributed by atoms with E-state index in [4.69, 9.17) is 4.74 Å². The molecule has 0 bridgehead atoms. The molecule has 0 unspecified atom stereocenters. The Labute approximate surface area is 140 Å². The molecule has 4 nitrogen and oxygen atoms in total. The Morgan fingerprint density at radius 3 is 2.70 bits per heavy atom. The van der Waals surface area contributed by atoms with Gasteiger partial charge in [-0.05, 0) is 66.8 Å². The maximum Gasteiger partial charge on any atom is 0.290 e. The van der Waals surface area contributed by atoms with Gasteiger partial charge in [0.2, 0.25) is 0 Å². The lowest BCUT2D eigenvalue weighted by Gasteiger charge is -2.22. The van der Waals surface area contributed by atoms with Gasteiger partial charge in [0.1, 0.15) is 5.75 Å². The highest BCUT2D eigenvalue weighted by atomic mass is 32.2. The first kappa shape index (κ1) is 16.1. The van der Waals surface area contributed by atoms with Crippen molar-refractivity contribution >= 4 is 29.0 Å². The van der Waals surface area contributed by atoms with Gasteiger partial charge in [0.25, 0.3) is 11.1 Å². The van der Waals surface area contributed by atoms with E-state index < -0.39 is 0 Å². The average molecular weight is 331 g/mol. The molecule has 122 valence electrons. The first-order chi connectivity index (χ1) is 11.1. The van der Waals surface area contributed by atoms with Gasteiger partial charge in [0.15, 0.2) is 0 Å². The summed E-state index contributed by atoms with van der Waals surface area (Å²) in [4.78, 5) is 23.2. The zero-order valence-corrected chi connectivity index (χ0v) is 14.1. The predicted octanol–water partition coefficient (Wildman–Crippen LogP) is 4.28. The molecule has 1 N–H and O–H groups in total. The molecule has 0 aromatic heterocycles. The molecule has 1 aromatic rings. The first-order valence-corrected chi connectivity index (χ1v) is 8.92. The third kappa shape index (κ3) is 4.16. The normalized spacial score (nSPS) is 20.8. The van der Waals surface area contributed by atoms with Gasteiger partial charge < -0.3 is 4.74 Å². The van der Waals surface area contributed by atoms with Crippen molar-refractivity contribution in [3.8, 4) is 5.75 Å². The third-order valence-corrected chi connectivity index (χ3v) is 5.15. The maximum absolute atomic E-state index is 11.6. The molecule has 1 saturated carbocycles.